The first-order chi connectivity index (χ1) is 21.5. The molecular formula is C42H66FNO2. The fraction of sp³-hybridized carbons (Fsp3) is 0.833. The monoisotopic (exact) mass is 636 g/mol. The van der Waals surface area contributed by atoms with Crippen molar-refractivity contribution in [2.24, 2.45) is 62.6 Å². The molecule has 0 bridgehead atoms. The van der Waals surface area contributed by atoms with E-state index in [4.69, 9.17) is 0 Å². The highest BCUT2D eigenvalue weighted by Gasteiger charge is 2.70. The van der Waals surface area contributed by atoms with Gasteiger partial charge in [0.15, 0.2) is 0 Å². The number of carboxylic acid groups (broad SMARTS) is 1. The van der Waals surface area contributed by atoms with Gasteiger partial charge in [-0.2, -0.15) is 0 Å². The van der Waals surface area contributed by atoms with Gasteiger partial charge >= 0.3 is 5.97 Å². The molecule has 10 atom stereocenters. The van der Waals surface area contributed by atoms with Crippen molar-refractivity contribution in [2.45, 2.75) is 144 Å². The molecule has 0 aromatic heterocycles. The van der Waals surface area contributed by atoms with E-state index in [1.54, 1.807) is 0 Å². The smallest absolute Gasteiger partial charge is 0.312 e. The van der Waals surface area contributed by atoms with Crippen molar-refractivity contribution in [3.63, 3.8) is 0 Å². The number of halogens is 1. The number of hydrogen-bond acceptors (Lipinski definition) is 2. The number of alkyl halides is 1. The number of fused-ring (bicyclic) bond motifs is 7. The van der Waals surface area contributed by atoms with Crippen LogP contribution in [0.1, 0.15) is 139 Å². The Morgan fingerprint density at radius 2 is 1.70 bits per heavy atom. The average Bonchev–Trinajstić information content (AvgIpc) is 3.37. The minimum absolute atomic E-state index is 0.0232. The van der Waals surface area contributed by atoms with Crippen LogP contribution in [0.4, 0.5) is 4.39 Å². The summed E-state index contributed by atoms with van der Waals surface area (Å²) in [5.74, 6) is 3.15. The largest absolute Gasteiger partial charge is 0.481 e. The van der Waals surface area contributed by atoms with E-state index in [1.165, 1.54) is 74.5 Å². The van der Waals surface area contributed by atoms with Crippen LogP contribution in [0, 0.1) is 62.6 Å². The van der Waals surface area contributed by atoms with Gasteiger partial charge in [0.1, 0.15) is 6.67 Å². The predicted octanol–water partition coefficient (Wildman–Crippen LogP) is 10.7. The maximum atomic E-state index is 13.9. The Morgan fingerprint density at radius 3 is 2.30 bits per heavy atom. The van der Waals surface area contributed by atoms with Gasteiger partial charge < -0.3 is 10.4 Å². The molecule has 0 aromatic rings. The first kappa shape index (κ1) is 34.4. The Labute approximate surface area is 280 Å². The first-order valence-corrected chi connectivity index (χ1v) is 19.1. The molecule has 0 saturated heterocycles. The summed E-state index contributed by atoms with van der Waals surface area (Å²) in [6.45, 7) is 25.0. The molecule has 4 saturated carbocycles. The summed E-state index contributed by atoms with van der Waals surface area (Å²) in [6, 6.07) is 0. The van der Waals surface area contributed by atoms with Crippen LogP contribution in [-0.2, 0) is 4.79 Å². The molecule has 6 rings (SSSR count). The number of carboxylic acids is 1. The van der Waals surface area contributed by atoms with Gasteiger partial charge in [-0.15, -0.1) is 0 Å². The zero-order chi connectivity index (χ0) is 33.5. The molecule has 0 aromatic carbocycles. The molecular weight excluding hydrogens is 569 g/mol. The number of aliphatic carboxylic acids is 1. The van der Waals surface area contributed by atoms with Gasteiger partial charge in [-0.1, -0.05) is 72.8 Å². The number of allylic oxidation sites excluding steroid dienone is 5. The Kier molecular flexibility index (Phi) is 8.68. The Hall–Kier alpha value is -1.42. The highest BCUT2D eigenvalue weighted by Crippen LogP contribution is 2.76. The van der Waals surface area contributed by atoms with Gasteiger partial charge in [-0.3, -0.25) is 4.79 Å². The molecule has 6 aliphatic rings. The Bertz CT molecular complexity index is 1300. The van der Waals surface area contributed by atoms with Crippen LogP contribution in [-0.4, -0.2) is 29.8 Å². The molecule has 0 unspecified atom stereocenters. The van der Waals surface area contributed by atoms with Crippen LogP contribution >= 0.6 is 0 Å². The number of nitrogens with one attached hydrogen (secondary N) is 1. The molecule has 0 aliphatic heterocycles. The normalized spacial score (nSPS) is 46.3. The molecule has 0 heterocycles. The lowest BCUT2D eigenvalue weighted by Gasteiger charge is -2.72. The molecule has 4 fully saturated rings. The van der Waals surface area contributed by atoms with Crippen molar-refractivity contribution in [3.05, 3.63) is 35.5 Å². The van der Waals surface area contributed by atoms with Crippen LogP contribution in [0.2, 0.25) is 0 Å². The molecule has 0 spiro atoms. The number of hydrogen-bond donors (Lipinski definition) is 2. The van der Waals surface area contributed by atoms with E-state index >= 15 is 0 Å². The van der Waals surface area contributed by atoms with Gasteiger partial charge in [-0.25, -0.2) is 4.39 Å². The summed E-state index contributed by atoms with van der Waals surface area (Å²) in [5, 5.41) is 14.0. The van der Waals surface area contributed by atoms with E-state index < -0.39 is 18.1 Å². The van der Waals surface area contributed by atoms with Crippen molar-refractivity contribution in [3.8, 4) is 0 Å². The summed E-state index contributed by atoms with van der Waals surface area (Å²) in [5.41, 5.74) is 4.12. The lowest BCUT2D eigenvalue weighted by molar-refractivity contribution is -0.221. The molecule has 3 nitrogen and oxygen atoms in total. The third-order valence-electron chi connectivity index (χ3n) is 16.5. The topological polar surface area (TPSA) is 49.3 Å². The van der Waals surface area contributed by atoms with Crippen molar-refractivity contribution >= 4 is 5.97 Å². The summed E-state index contributed by atoms with van der Waals surface area (Å²) >= 11 is 0. The SMILES string of the molecule is C=C(C)[C@@H]1CC[C@]2(NCCC(C)C)CC[C@]3(C)[C@H](CC[C@@H]4[C@@]5(C)CC=C(C6=CC[C@](CF)(C(=O)O)CC6)C(C)(C)[C@@H]5CC[C@]43C)[C@@H]12. The van der Waals surface area contributed by atoms with Gasteiger partial charge in [-0.05, 0) is 165 Å². The first-order valence-electron chi connectivity index (χ1n) is 19.1. The van der Waals surface area contributed by atoms with E-state index in [9.17, 15) is 14.3 Å². The molecule has 0 amide bonds. The molecule has 0 radical (unpaired) electrons. The summed E-state index contributed by atoms with van der Waals surface area (Å²) < 4.78 is 13.9. The minimum Gasteiger partial charge on any atom is -0.481 e. The van der Waals surface area contributed by atoms with Crippen molar-refractivity contribution in [1.82, 2.24) is 5.32 Å². The molecule has 258 valence electrons. The van der Waals surface area contributed by atoms with Crippen LogP contribution < -0.4 is 5.32 Å². The van der Waals surface area contributed by atoms with Crippen molar-refractivity contribution in [1.29, 1.82) is 0 Å². The zero-order valence-corrected chi connectivity index (χ0v) is 30.7. The Morgan fingerprint density at radius 1 is 0.957 bits per heavy atom. The third kappa shape index (κ3) is 4.82. The highest BCUT2D eigenvalue weighted by molar-refractivity contribution is 5.75. The molecule has 46 heavy (non-hydrogen) atoms. The maximum absolute atomic E-state index is 13.9. The van der Waals surface area contributed by atoms with E-state index in [0.717, 1.165) is 24.8 Å². The predicted molar refractivity (Wildman–Crippen MR) is 188 cm³/mol. The fourth-order valence-electron chi connectivity index (χ4n) is 13.7. The lowest BCUT2D eigenvalue weighted by Crippen LogP contribution is -2.68. The molecule has 4 heteroatoms. The second-order valence-electron chi connectivity index (χ2n) is 19.1. The van der Waals surface area contributed by atoms with Crippen molar-refractivity contribution in [2.75, 3.05) is 13.2 Å². The van der Waals surface area contributed by atoms with Gasteiger partial charge in [0, 0.05) is 5.54 Å². The van der Waals surface area contributed by atoms with E-state index in [2.05, 4.69) is 79.4 Å². The van der Waals surface area contributed by atoms with Gasteiger partial charge in [0.25, 0.3) is 0 Å². The fourth-order valence-corrected chi connectivity index (χ4v) is 13.7. The Balaban J connectivity index is 1.30. The van der Waals surface area contributed by atoms with Crippen LogP contribution in [0.25, 0.3) is 0 Å². The van der Waals surface area contributed by atoms with E-state index in [0.29, 0.717) is 53.8 Å². The molecule has 6 aliphatic carbocycles. The zero-order valence-electron chi connectivity index (χ0n) is 30.7. The second kappa shape index (κ2) is 11.6. The van der Waals surface area contributed by atoms with E-state index in [-0.39, 0.29) is 16.4 Å². The van der Waals surface area contributed by atoms with Crippen LogP contribution in [0.15, 0.2) is 35.5 Å². The summed E-state index contributed by atoms with van der Waals surface area (Å²) in [4.78, 5) is 11.9. The second-order valence-corrected chi connectivity index (χ2v) is 19.1. The maximum Gasteiger partial charge on any atom is 0.312 e. The number of rotatable bonds is 8. The minimum atomic E-state index is -1.23. The average molecular weight is 636 g/mol. The van der Waals surface area contributed by atoms with Crippen LogP contribution in [0.5, 0.6) is 0 Å². The lowest BCUT2D eigenvalue weighted by atomic mass is 9.33. The van der Waals surface area contributed by atoms with Gasteiger partial charge in [0.2, 0.25) is 0 Å². The quantitative estimate of drug-likeness (QED) is 0.261. The third-order valence-corrected chi connectivity index (χ3v) is 16.5. The summed E-state index contributed by atoms with van der Waals surface area (Å²) in [6.07, 6.45) is 18.9. The molecule has 2 N–H and O–H groups in total. The van der Waals surface area contributed by atoms with E-state index in [1.807, 2.05) is 0 Å². The number of carbonyl (C=O) groups is 1. The van der Waals surface area contributed by atoms with Gasteiger partial charge in [0.05, 0.1) is 5.41 Å². The highest BCUT2D eigenvalue weighted by atomic mass is 19.1. The van der Waals surface area contributed by atoms with Crippen LogP contribution in [0.3, 0.4) is 0 Å². The summed E-state index contributed by atoms with van der Waals surface area (Å²) in [7, 11) is 0. The van der Waals surface area contributed by atoms with Crippen molar-refractivity contribution < 1.29 is 14.3 Å². The standard InChI is InChI=1S/C42H66FNO2/c1-27(2)17-25-44-42-22-14-30(28(3)4)35(42)32-10-11-34-38(7)18-15-31(29-12-20-41(26-43,21-13-29)36(45)46)37(5,6)33(38)16-19-40(34,9)39(32,8)23-24-42/h12,15,27,30,32-35,44H,3,10-11,13-14,16-26H2,1-2,4-9H3,(H,45,46)/t30-,32+,33-,34+,35+,38-,39+,40+,41-,42-/m0/s1.